The highest BCUT2D eigenvalue weighted by Gasteiger charge is 2.52. The smallest absolute Gasteiger partial charge is 0.399 e. The molecular weight excluding hydrogens is 1860 g/mol. The van der Waals surface area contributed by atoms with E-state index in [1.807, 2.05) is 0 Å². The molecule has 0 aliphatic carbocycles. The minimum atomic E-state index is -2.42. The summed E-state index contributed by atoms with van der Waals surface area (Å²) in [4.78, 5) is 0. The van der Waals surface area contributed by atoms with Gasteiger partial charge in [-0.05, 0) is 299 Å². The maximum atomic E-state index is 6.33. The zero-order valence-electron chi connectivity index (χ0n) is 79.0. The Labute approximate surface area is 839 Å². The fourth-order valence-electron chi connectivity index (χ4n) is 21.5. The van der Waals surface area contributed by atoms with Crippen molar-refractivity contribution in [3.63, 3.8) is 0 Å². The molecule has 25 aromatic carbocycles. The van der Waals surface area contributed by atoms with Gasteiger partial charge in [0, 0.05) is 17.4 Å². The normalized spacial score (nSPS) is 13.0. The van der Waals surface area contributed by atoms with Gasteiger partial charge in [0.25, 0.3) is 0 Å². The highest BCUT2D eigenvalue weighted by Crippen LogP contribution is 2.48. The summed E-state index contributed by atoms with van der Waals surface area (Å²) in [6.45, 7) is 13.4. The summed E-state index contributed by atoms with van der Waals surface area (Å²) in [5, 5.41) is 41.6. The minimum absolute atomic E-state index is 0. The molecule has 1 aliphatic heterocycles. The average Bonchev–Trinajstić information content (AvgIpc) is 1.12. The Morgan fingerprint density at radius 3 is 0.600 bits per heavy atom. The van der Waals surface area contributed by atoms with Crippen LogP contribution >= 0.6 is 31.9 Å². The standard InChI is InChI=1S/C51H36Si.C33H33BO2Si.2C24H15Br.B/c1-52(44-30-24-36-13-3-6-16-40(36)33-44,45-31-25-37-14-4-7-17-41(37)34-45)43-28-26-38(27-29-43)50-46-18-8-10-20-48(46)51(49-21-11-9-19-47(49)50)42-23-22-35-12-2-5-15-39(35)32-42;1-32(2)33(3,4)36-34(35-32)28-16-20-29(21-17-28)37(5,30-18-14-24-10-6-8-12-26(24)22-30)31-19-15-25-11-7-9-13-27(25)23-31;2*25-24-21-11-5-3-9-19(21)23(20-10-4-6-12-22(20)24)18-14-13-16-7-1-2-8-17(16)15-18;/h2-34H,1H3;6-23H,1-5H3;2*1-15H;. The highest BCUT2D eigenvalue weighted by atomic mass is 79.9. The molecule has 0 spiro atoms. The first-order valence-electron chi connectivity index (χ1n) is 48.1. The van der Waals surface area contributed by atoms with E-state index in [-0.39, 0.29) is 26.7 Å². The minimum Gasteiger partial charge on any atom is -0.399 e. The number of fused-ring (bicyclic) bond motifs is 13. The Hall–Kier alpha value is -14.7. The summed E-state index contributed by atoms with van der Waals surface area (Å²) in [6, 6.07) is 180. The fraction of sp³-hybridized carbons (Fsp3) is 0.0606. The first-order valence-corrected chi connectivity index (χ1v) is 54.7. The van der Waals surface area contributed by atoms with Crippen LogP contribution in [0.25, 0.3) is 185 Å². The van der Waals surface area contributed by atoms with E-state index >= 15 is 0 Å². The van der Waals surface area contributed by atoms with Crippen LogP contribution in [0.15, 0.2) is 500 Å². The van der Waals surface area contributed by atoms with Crippen LogP contribution in [0.4, 0.5) is 0 Å². The van der Waals surface area contributed by atoms with Crippen molar-refractivity contribution in [3.05, 3.63) is 500 Å². The third kappa shape index (κ3) is 16.5. The lowest BCUT2D eigenvalue weighted by Gasteiger charge is -2.32. The Kier molecular flexibility index (Phi) is 24.3. The molecule has 0 amide bonds. The monoisotopic (exact) mass is 1950 g/mol. The van der Waals surface area contributed by atoms with Crippen LogP contribution in [-0.4, -0.2) is 42.9 Å². The van der Waals surface area contributed by atoms with Crippen molar-refractivity contribution < 1.29 is 9.31 Å². The van der Waals surface area contributed by atoms with E-state index in [0.29, 0.717) is 0 Å². The average molecular weight is 1950 g/mol. The molecule has 3 radical (unpaired) electrons. The van der Waals surface area contributed by atoms with Gasteiger partial charge in [-0.2, -0.15) is 0 Å². The van der Waals surface area contributed by atoms with Crippen molar-refractivity contribution in [2.24, 2.45) is 0 Å². The van der Waals surface area contributed by atoms with Crippen LogP contribution < -0.4 is 36.6 Å². The number of halogens is 2. The van der Waals surface area contributed by atoms with Crippen LogP contribution in [-0.2, 0) is 9.31 Å². The molecule has 26 rings (SSSR count). The number of hydrogen-bond acceptors (Lipinski definition) is 2. The summed E-state index contributed by atoms with van der Waals surface area (Å²) >= 11 is 7.66. The van der Waals surface area contributed by atoms with Crippen LogP contribution in [0.3, 0.4) is 0 Å². The van der Waals surface area contributed by atoms with Gasteiger partial charge < -0.3 is 9.31 Å². The van der Waals surface area contributed by atoms with Gasteiger partial charge in [0.15, 0.2) is 0 Å². The molecule has 1 saturated heterocycles. The van der Waals surface area contributed by atoms with Crippen molar-refractivity contribution in [3.8, 4) is 44.5 Å². The third-order valence-electron chi connectivity index (χ3n) is 29.8. The maximum absolute atomic E-state index is 6.33. The summed E-state index contributed by atoms with van der Waals surface area (Å²) < 4.78 is 15.0. The topological polar surface area (TPSA) is 18.5 Å². The van der Waals surface area contributed by atoms with Gasteiger partial charge in [0.05, 0.1) is 11.2 Å². The van der Waals surface area contributed by atoms with Crippen LogP contribution in [0, 0.1) is 0 Å². The molecule has 0 unspecified atom stereocenters. The molecule has 140 heavy (non-hydrogen) atoms. The predicted molar refractivity (Wildman–Crippen MR) is 619 cm³/mol. The summed E-state index contributed by atoms with van der Waals surface area (Å²) in [6.07, 6.45) is 0. The van der Waals surface area contributed by atoms with E-state index < -0.39 is 16.1 Å². The zero-order chi connectivity index (χ0) is 94.1. The molecule has 2 nitrogen and oxygen atoms in total. The molecule has 1 aliphatic rings. The number of rotatable bonds is 11. The molecule has 667 valence electrons. The van der Waals surface area contributed by atoms with Crippen molar-refractivity contribution in [1.82, 2.24) is 0 Å². The van der Waals surface area contributed by atoms with Crippen LogP contribution in [0.5, 0.6) is 0 Å². The third-order valence-corrected chi connectivity index (χ3v) is 40.4. The highest BCUT2D eigenvalue weighted by molar-refractivity contribution is 9.11. The van der Waals surface area contributed by atoms with E-state index in [0.717, 1.165) is 5.46 Å². The lowest BCUT2D eigenvalue weighted by atomic mass is 9.79. The second-order valence-electron chi connectivity index (χ2n) is 38.4. The van der Waals surface area contributed by atoms with Crippen LogP contribution in [0.1, 0.15) is 27.7 Å². The first kappa shape index (κ1) is 90.5. The molecule has 1 heterocycles. The van der Waals surface area contributed by atoms with Crippen LogP contribution in [0.2, 0.25) is 13.1 Å². The largest absolute Gasteiger partial charge is 0.494 e. The van der Waals surface area contributed by atoms with Gasteiger partial charge in [0.1, 0.15) is 16.1 Å². The van der Waals surface area contributed by atoms with Gasteiger partial charge in [-0.1, -0.05) is 486 Å². The summed E-state index contributed by atoms with van der Waals surface area (Å²) in [7, 11) is -5.09. The molecule has 0 atom stereocenters. The Morgan fingerprint density at radius 2 is 0.357 bits per heavy atom. The van der Waals surface area contributed by atoms with E-state index in [2.05, 4.69) is 564 Å². The molecule has 8 heteroatoms. The SMILES string of the molecule is Brc1c2ccccc2c(-c2ccc3ccccc3c2)c2ccccc12.Brc1c2ccccc2c(-c2ccc3ccccc3c2)c2ccccc12.CC1(C)OB(c2ccc([Si](C)(c3ccc4ccccc4c3)c3ccc4ccccc4c3)cc2)OC1(C)C.C[Si](c1ccc(-c2c3ccccc3c(-c3ccc4ccccc4c3)c3ccccc23)cc1)(c1ccc2ccccc2c1)c1ccc2ccccc2c1.[B]. The Bertz CT molecular complexity index is 8590. The molecule has 25 aromatic rings. The quantitative estimate of drug-likeness (QED) is 0.0730. The molecule has 0 saturated carbocycles. The molecule has 0 bridgehead atoms. The van der Waals surface area contributed by atoms with Gasteiger partial charge in [-0.25, -0.2) is 0 Å². The van der Waals surface area contributed by atoms with Crippen molar-refractivity contribution in [2.45, 2.75) is 52.0 Å². The molecule has 0 N–H and O–H groups in total. The van der Waals surface area contributed by atoms with Gasteiger partial charge in [-0.3, -0.25) is 0 Å². The fourth-order valence-corrected chi connectivity index (χ4v) is 30.0. The maximum Gasteiger partial charge on any atom is 0.494 e. The Morgan fingerprint density at radius 1 is 0.186 bits per heavy atom. The zero-order valence-corrected chi connectivity index (χ0v) is 84.2. The second-order valence-corrected chi connectivity index (χ2v) is 47.9. The number of benzene rings is 25. The van der Waals surface area contributed by atoms with Crippen molar-refractivity contribution >= 4 is 240 Å². The predicted octanol–water partition coefficient (Wildman–Crippen LogP) is 32.0. The lowest BCUT2D eigenvalue weighted by molar-refractivity contribution is 0.00578. The van der Waals surface area contributed by atoms with E-state index in [4.69, 9.17) is 9.31 Å². The van der Waals surface area contributed by atoms with Crippen molar-refractivity contribution in [2.75, 3.05) is 0 Å². The van der Waals surface area contributed by atoms with E-state index in [9.17, 15) is 0 Å². The van der Waals surface area contributed by atoms with Gasteiger partial charge >= 0.3 is 7.12 Å². The summed E-state index contributed by atoms with van der Waals surface area (Å²) in [5.41, 5.74) is 10.6. The van der Waals surface area contributed by atoms with E-state index in [1.54, 1.807) is 0 Å². The van der Waals surface area contributed by atoms with Gasteiger partial charge in [0.2, 0.25) is 0 Å². The van der Waals surface area contributed by atoms with Crippen molar-refractivity contribution in [1.29, 1.82) is 0 Å². The Balaban J connectivity index is 0.000000112. The molecule has 0 aromatic heterocycles. The lowest BCUT2D eigenvalue weighted by Crippen LogP contribution is -2.65. The first-order chi connectivity index (χ1) is 68.0. The number of hydrogen-bond donors (Lipinski definition) is 0. The van der Waals surface area contributed by atoms with E-state index in [1.165, 1.54) is 225 Å². The molecular formula is C132H99B2Br2O2Si2. The second kappa shape index (κ2) is 37.6. The summed E-state index contributed by atoms with van der Waals surface area (Å²) in [5.74, 6) is 0. The van der Waals surface area contributed by atoms with Gasteiger partial charge in [-0.15, -0.1) is 0 Å². The molecule has 1 fully saturated rings.